The molecule has 0 aliphatic heterocycles. The van der Waals surface area contributed by atoms with Crippen LogP contribution in [0.3, 0.4) is 0 Å². The third-order valence-corrected chi connectivity index (χ3v) is 6.27. The summed E-state index contributed by atoms with van der Waals surface area (Å²) in [7, 11) is 2.94. The van der Waals surface area contributed by atoms with Crippen molar-refractivity contribution in [1.29, 1.82) is 0 Å². The van der Waals surface area contributed by atoms with Crippen LogP contribution in [0.2, 0.25) is 0 Å². The second-order valence-corrected chi connectivity index (χ2v) is 8.84. The fourth-order valence-corrected chi connectivity index (χ4v) is 4.13. The molecular formula is C27H25N5O4S. The molecule has 1 amide bonds. The molecule has 0 spiro atoms. The minimum atomic E-state index is -0.415. The fraction of sp³-hybridized carbons (Fsp3) is 0.148. The van der Waals surface area contributed by atoms with Gasteiger partial charge in [0.1, 0.15) is 5.75 Å². The van der Waals surface area contributed by atoms with Gasteiger partial charge in [0.25, 0.3) is 5.91 Å². The highest BCUT2D eigenvalue weighted by atomic mass is 32.2. The van der Waals surface area contributed by atoms with Gasteiger partial charge in [0.15, 0.2) is 11.0 Å². The number of nitrogens with zero attached hydrogens (tertiary/aromatic N) is 4. The summed E-state index contributed by atoms with van der Waals surface area (Å²) in [5.41, 5.74) is 6.57. The summed E-state index contributed by atoms with van der Waals surface area (Å²) in [6.45, 7) is 2.03. The van der Waals surface area contributed by atoms with Crippen molar-refractivity contribution in [3.63, 3.8) is 0 Å². The van der Waals surface area contributed by atoms with Crippen LogP contribution in [-0.4, -0.2) is 52.8 Å². The molecule has 1 heterocycles. The predicted molar refractivity (Wildman–Crippen MR) is 142 cm³/mol. The van der Waals surface area contributed by atoms with Crippen molar-refractivity contribution in [1.82, 2.24) is 20.2 Å². The largest absolute Gasteiger partial charge is 0.497 e. The zero-order valence-corrected chi connectivity index (χ0v) is 21.4. The quantitative estimate of drug-likeness (QED) is 0.153. The van der Waals surface area contributed by atoms with Crippen molar-refractivity contribution < 1.29 is 19.1 Å². The first-order valence-corrected chi connectivity index (χ1v) is 12.3. The number of benzene rings is 3. The molecule has 0 radical (unpaired) electrons. The van der Waals surface area contributed by atoms with Crippen molar-refractivity contribution in [2.45, 2.75) is 12.1 Å². The molecule has 0 aliphatic rings. The van der Waals surface area contributed by atoms with Crippen molar-refractivity contribution in [2.75, 3.05) is 20.0 Å². The molecule has 4 rings (SSSR count). The second kappa shape index (κ2) is 12.0. The first-order valence-electron chi connectivity index (χ1n) is 11.3. The van der Waals surface area contributed by atoms with Gasteiger partial charge in [0.2, 0.25) is 0 Å². The highest BCUT2D eigenvalue weighted by molar-refractivity contribution is 7.99. The van der Waals surface area contributed by atoms with Crippen LogP contribution in [-0.2, 0) is 9.53 Å². The Morgan fingerprint density at radius 3 is 2.32 bits per heavy atom. The van der Waals surface area contributed by atoms with Crippen molar-refractivity contribution in [3.05, 3.63) is 89.5 Å². The molecule has 9 nitrogen and oxygen atoms in total. The van der Waals surface area contributed by atoms with Gasteiger partial charge in [-0.25, -0.2) is 10.2 Å². The first-order chi connectivity index (χ1) is 18.0. The van der Waals surface area contributed by atoms with Crippen LogP contribution in [0.25, 0.3) is 17.1 Å². The molecule has 1 aromatic heterocycles. The normalized spacial score (nSPS) is 10.9. The number of ether oxygens (including phenoxy) is 2. The molecule has 10 heteroatoms. The van der Waals surface area contributed by atoms with E-state index in [-0.39, 0.29) is 11.7 Å². The molecule has 3 aromatic carbocycles. The predicted octanol–water partition coefficient (Wildman–Crippen LogP) is 4.28. The number of aryl methyl sites for hydroxylation is 1. The van der Waals surface area contributed by atoms with Gasteiger partial charge < -0.3 is 9.47 Å². The van der Waals surface area contributed by atoms with E-state index in [0.717, 1.165) is 28.1 Å². The van der Waals surface area contributed by atoms with Crippen molar-refractivity contribution >= 4 is 29.9 Å². The number of rotatable bonds is 9. The van der Waals surface area contributed by atoms with Gasteiger partial charge in [-0.3, -0.25) is 9.36 Å². The average Bonchev–Trinajstić information content (AvgIpc) is 3.36. The van der Waals surface area contributed by atoms with E-state index in [1.165, 1.54) is 25.1 Å². The molecule has 4 aromatic rings. The second-order valence-electron chi connectivity index (χ2n) is 7.90. The van der Waals surface area contributed by atoms with Crippen LogP contribution >= 0.6 is 11.8 Å². The SMILES string of the molecule is COC(=O)c1ccc(C=NNC(=O)CSc2nnc(-c3ccc(C)cc3)n2-c2ccc(OC)cc2)cc1. The summed E-state index contributed by atoms with van der Waals surface area (Å²) in [5, 5.41) is 13.3. The number of esters is 1. The van der Waals surface area contributed by atoms with E-state index >= 15 is 0 Å². The lowest BCUT2D eigenvalue weighted by atomic mass is 10.1. The Balaban J connectivity index is 1.46. The molecule has 0 atom stereocenters. The Kier molecular flexibility index (Phi) is 8.32. The number of methoxy groups -OCH3 is 2. The van der Waals surface area contributed by atoms with E-state index in [0.29, 0.717) is 16.5 Å². The molecule has 0 fully saturated rings. The summed E-state index contributed by atoms with van der Waals surface area (Å²) in [6, 6.07) is 22.3. The molecule has 0 unspecified atom stereocenters. The van der Waals surface area contributed by atoms with Crippen LogP contribution in [0.4, 0.5) is 0 Å². The summed E-state index contributed by atoms with van der Waals surface area (Å²) >= 11 is 1.25. The van der Waals surface area contributed by atoms with Crippen molar-refractivity contribution in [3.8, 4) is 22.8 Å². The fourth-order valence-electron chi connectivity index (χ4n) is 3.38. The highest BCUT2D eigenvalue weighted by Crippen LogP contribution is 2.29. The van der Waals surface area contributed by atoms with Gasteiger partial charge in [-0.15, -0.1) is 10.2 Å². The average molecular weight is 516 g/mol. The van der Waals surface area contributed by atoms with E-state index in [2.05, 4.69) is 25.5 Å². The van der Waals surface area contributed by atoms with Crippen LogP contribution in [0.1, 0.15) is 21.5 Å². The maximum absolute atomic E-state index is 12.5. The lowest BCUT2D eigenvalue weighted by molar-refractivity contribution is -0.118. The van der Waals surface area contributed by atoms with E-state index in [1.54, 1.807) is 31.4 Å². The number of nitrogens with one attached hydrogen (secondary N) is 1. The van der Waals surface area contributed by atoms with Crippen LogP contribution in [0.5, 0.6) is 5.75 Å². The maximum Gasteiger partial charge on any atom is 0.337 e. The number of hydrogen-bond donors (Lipinski definition) is 1. The van der Waals surface area contributed by atoms with Crippen LogP contribution in [0, 0.1) is 6.92 Å². The highest BCUT2D eigenvalue weighted by Gasteiger charge is 2.17. The van der Waals surface area contributed by atoms with Gasteiger partial charge >= 0.3 is 5.97 Å². The molecule has 0 bridgehead atoms. The zero-order chi connectivity index (χ0) is 26.2. The number of hydrogen-bond acceptors (Lipinski definition) is 8. The molecule has 188 valence electrons. The van der Waals surface area contributed by atoms with Crippen LogP contribution in [0.15, 0.2) is 83.1 Å². The lowest BCUT2D eigenvalue weighted by Crippen LogP contribution is -2.20. The number of aromatic nitrogens is 3. The molecule has 0 aliphatic carbocycles. The summed E-state index contributed by atoms with van der Waals surface area (Å²) in [5.74, 6) is 0.776. The molecule has 37 heavy (non-hydrogen) atoms. The Morgan fingerprint density at radius 2 is 1.68 bits per heavy atom. The summed E-state index contributed by atoms with van der Waals surface area (Å²) in [4.78, 5) is 24.0. The third-order valence-electron chi connectivity index (χ3n) is 5.34. The lowest BCUT2D eigenvalue weighted by Gasteiger charge is -2.11. The number of hydrazone groups is 1. The Labute approximate surface area is 218 Å². The number of amides is 1. The van der Waals surface area contributed by atoms with Gasteiger partial charge in [-0.05, 0) is 48.9 Å². The van der Waals surface area contributed by atoms with E-state index < -0.39 is 5.97 Å². The van der Waals surface area contributed by atoms with E-state index in [1.807, 2.05) is 60.0 Å². The maximum atomic E-state index is 12.5. The third kappa shape index (κ3) is 6.42. The van der Waals surface area contributed by atoms with Crippen LogP contribution < -0.4 is 10.2 Å². The number of carbonyl (C=O) groups is 2. The smallest absolute Gasteiger partial charge is 0.337 e. The number of carbonyl (C=O) groups excluding carboxylic acids is 2. The Hall–Kier alpha value is -4.44. The summed E-state index contributed by atoms with van der Waals surface area (Å²) < 4.78 is 11.9. The number of thioether (sulfide) groups is 1. The minimum absolute atomic E-state index is 0.0841. The molecule has 0 saturated heterocycles. The Bertz CT molecular complexity index is 1400. The van der Waals surface area contributed by atoms with Gasteiger partial charge in [0, 0.05) is 11.3 Å². The van der Waals surface area contributed by atoms with Gasteiger partial charge in [-0.1, -0.05) is 53.7 Å². The van der Waals surface area contributed by atoms with E-state index in [9.17, 15) is 9.59 Å². The minimum Gasteiger partial charge on any atom is -0.497 e. The zero-order valence-electron chi connectivity index (χ0n) is 20.5. The van der Waals surface area contributed by atoms with Gasteiger partial charge in [0.05, 0.1) is 31.8 Å². The molecule has 1 N–H and O–H groups in total. The molecular weight excluding hydrogens is 490 g/mol. The van der Waals surface area contributed by atoms with E-state index in [4.69, 9.17) is 4.74 Å². The molecule has 0 saturated carbocycles. The summed E-state index contributed by atoms with van der Waals surface area (Å²) in [6.07, 6.45) is 1.50. The Morgan fingerprint density at radius 1 is 0.973 bits per heavy atom. The standard InChI is InChI=1S/C27H25N5O4S/c1-18-4-8-20(9-5-18)25-30-31-27(32(25)22-12-14-23(35-2)15-13-22)37-17-24(33)29-28-16-19-6-10-21(11-7-19)26(34)36-3/h4-16H,17H2,1-3H3,(H,29,33). The topological polar surface area (TPSA) is 108 Å². The van der Waals surface area contributed by atoms with Crippen molar-refractivity contribution in [2.24, 2.45) is 5.10 Å². The van der Waals surface area contributed by atoms with Gasteiger partial charge in [-0.2, -0.15) is 5.10 Å². The monoisotopic (exact) mass is 515 g/mol. The first kappa shape index (κ1) is 25.6.